The maximum absolute atomic E-state index is 13.4. The Morgan fingerprint density at radius 3 is 2.96 bits per heavy atom. The predicted octanol–water partition coefficient (Wildman–Crippen LogP) is 2.64. The lowest BCUT2D eigenvalue weighted by molar-refractivity contribution is -0.160. The van der Waals surface area contributed by atoms with E-state index in [1.807, 2.05) is 13.0 Å². The van der Waals surface area contributed by atoms with Gasteiger partial charge < -0.3 is 14.9 Å². The highest BCUT2D eigenvalue weighted by Crippen LogP contribution is 2.38. The SMILES string of the molecule is CCOC(=O)C1(CC2CC(c3cccc(F)c3)=NO2)CCNCC1. The summed E-state index contributed by atoms with van der Waals surface area (Å²) in [6.45, 7) is 3.79. The van der Waals surface area contributed by atoms with Crippen LogP contribution in [0.1, 0.15) is 38.2 Å². The van der Waals surface area contributed by atoms with Crippen LogP contribution in [-0.4, -0.2) is 37.5 Å². The van der Waals surface area contributed by atoms with E-state index in [1.165, 1.54) is 12.1 Å². The second-order valence-electron chi connectivity index (χ2n) is 6.43. The molecule has 1 N–H and O–H groups in total. The number of carbonyl (C=O) groups excluding carboxylic acids is 1. The van der Waals surface area contributed by atoms with Gasteiger partial charge in [0.2, 0.25) is 0 Å². The third kappa shape index (κ3) is 3.59. The Morgan fingerprint density at radius 1 is 1.46 bits per heavy atom. The third-order valence-electron chi connectivity index (χ3n) is 4.78. The van der Waals surface area contributed by atoms with E-state index in [2.05, 4.69) is 10.5 Å². The van der Waals surface area contributed by atoms with Gasteiger partial charge in [-0.1, -0.05) is 17.3 Å². The van der Waals surface area contributed by atoms with E-state index in [0.29, 0.717) is 19.4 Å². The fourth-order valence-corrected chi connectivity index (χ4v) is 3.49. The molecule has 6 heteroatoms. The average Bonchev–Trinajstić information content (AvgIpc) is 3.04. The number of ether oxygens (including phenoxy) is 1. The highest BCUT2D eigenvalue weighted by atomic mass is 19.1. The lowest BCUT2D eigenvalue weighted by Gasteiger charge is -2.36. The topological polar surface area (TPSA) is 59.9 Å². The van der Waals surface area contributed by atoms with Crippen molar-refractivity contribution in [3.05, 3.63) is 35.6 Å². The Hall–Kier alpha value is -1.95. The van der Waals surface area contributed by atoms with Crippen LogP contribution in [0.4, 0.5) is 4.39 Å². The molecule has 0 aromatic heterocycles. The molecule has 24 heavy (non-hydrogen) atoms. The molecule has 1 aromatic carbocycles. The Labute approximate surface area is 141 Å². The molecule has 0 spiro atoms. The number of rotatable bonds is 5. The molecule has 3 rings (SSSR count). The first-order valence-corrected chi connectivity index (χ1v) is 8.49. The minimum Gasteiger partial charge on any atom is -0.466 e. The van der Waals surface area contributed by atoms with Crippen LogP contribution in [0.2, 0.25) is 0 Å². The number of nitrogens with one attached hydrogen (secondary N) is 1. The van der Waals surface area contributed by atoms with Gasteiger partial charge in [0.15, 0.2) is 0 Å². The number of benzene rings is 1. The minimum absolute atomic E-state index is 0.144. The normalized spacial score (nSPS) is 22.6. The van der Waals surface area contributed by atoms with Crippen LogP contribution in [0.15, 0.2) is 29.4 Å². The molecule has 0 bridgehead atoms. The first kappa shape index (κ1) is 16.9. The molecule has 0 saturated carbocycles. The molecule has 0 aliphatic carbocycles. The molecule has 1 atom stereocenters. The van der Waals surface area contributed by atoms with Crippen molar-refractivity contribution in [1.82, 2.24) is 5.32 Å². The van der Waals surface area contributed by atoms with Crippen molar-refractivity contribution >= 4 is 11.7 Å². The molecular weight excluding hydrogens is 311 g/mol. The summed E-state index contributed by atoms with van der Waals surface area (Å²) in [5.74, 6) is -0.436. The fraction of sp³-hybridized carbons (Fsp3) is 0.556. The van der Waals surface area contributed by atoms with Crippen molar-refractivity contribution in [2.24, 2.45) is 10.6 Å². The van der Waals surface area contributed by atoms with E-state index < -0.39 is 5.41 Å². The summed E-state index contributed by atoms with van der Waals surface area (Å²) >= 11 is 0. The van der Waals surface area contributed by atoms with Gasteiger partial charge in [0.25, 0.3) is 0 Å². The molecule has 0 amide bonds. The molecule has 0 radical (unpaired) electrons. The monoisotopic (exact) mass is 334 g/mol. The lowest BCUT2D eigenvalue weighted by atomic mass is 9.74. The summed E-state index contributed by atoms with van der Waals surface area (Å²) in [7, 11) is 0. The van der Waals surface area contributed by atoms with Crippen LogP contribution < -0.4 is 5.32 Å². The molecule has 1 saturated heterocycles. The van der Waals surface area contributed by atoms with Crippen LogP contribution in [0.25, 0.3) is 0 Å². The van der Waals surface area contributed by atoms with E-state index in [1.54, 1.807) is 6.07 Å². The zero-order chi connectivity index (χ0) is 17.0. The highest BCUT2D eigenvalue weighted by Gasteiger charge is 2.44. The summed E-state index contributed by atoms with van der Waals surface area (Å²) in [6, 6.07) is 6.34. The van der Waals surface area contributed by atoms with Crippen LogP contribution in [0.5, 0.6) is 0 Å². The van der Waals surface area contributed by atoms with Gasteiger partial charge in [-0.25, -0.2) is 4.39 Å². The largest absolute Gasteiger partial charge is 0.466 e. The molecule has 1 fully saturated rings. The van der Waals surface area contributed by atoms with Gasteiger partial charge in [0.1, 0.15) is 11.9 Å². The maximum atomic E-state index is 13.4. The van der Waals surface area contributed by atoms with E-state index in [9.17, 15) is 9.18 Å². The molecule has 130 valence electrons. The van der Waals surface area contributed by atoms with E-state index in [-0.39, 0.29) is 17.9 Å². The first-order chi connectivity index (χ1) is 11.6. The number of hydrogen-bond acceptors (Lipinski definition) is 5. The Bertz CT molecular complexity index is 626. The lowest BCUT2D eigenvalue weighted by Crippen LogP contribution is -2.45. The van der Waals surface area contributed by atoms with Crippen LogP contribution in [-0.2, 0) is 14.4 Å². The Balaban J connectivity index is 1.68. The molecule has 5 nitrogen and oxygen atoms in total. The molecule has 2 aliphatic rings. The smallest absolute Gasteiger partial charge is 0.312 e. The number of esters is 1. The number of halogens is 1. The third-order valence-corrected chi connectivity index (χ3v) is 4.78. The van der Waals surface area contributed by atoms with Gasteiger partial charge in [-0.2, -0.15) is 0 Å². The van der Waals surface area contributed by atoms with Gasteiger partial charge in [0.05, 0.1) is 17.7 Å². The summed E-state index contributed by atoms with van der Waals surface area (Å²) in [6.07, 6.45) is 2.46. The second kappa shape index (κ2) is 7.30. The molecule has 2 aliphatic heterocycles. The van der Waals surface area contributed by atoms with Crippen LogP contribution >= 0.6 is 0 Å². The van der Waals surface area contributed by atoms with Crippen molar-refractivity contribution < 1.29 is 18.8 Å². The van der Waals surface area contributed by atoms with Crippen molar-refractivity contribution in [2.75, 3.05) is 19.7 Å². The van der Waals surface area contributed by atoms with E-state index in [0.717, 1.165) is 37.2 Å². The van der Waals surface area contributed by atoms with Gasteiger partial charge >= 0.3 is 5.97 Å². The summed E-state index contributed by atoms with van der Waals surface area (Å²) in [4.78, 5) is 18.1. The molecule has 2 heterocycles. The molecule has 1 aromatic rings. The molecule has 1 unspecified atom stereocenters. The van der Waals surface area contributed by atoms with Gasteiger partial charge in [-0.05, 0) is 45.0 Å². The van der Waals surface area contributed by atoms with Crippen LogP contribution in [0, 0.1) is 11.2 Å². The predicted molar refractivity (Wildman–Crippen MR) is 88.2 cm³/mol. The standard InChI is InChI=1S/C18H23FN2O3/c1-2-23-17(22)18(6-8-20-9-7-18)12-15-11-16(21-24-15)13-4-3-5-14(19)10-13/h3-5,10,15,20H,2,6-9,11-12H2,1H3. The minimum atomic E-state index is -0.515. The zero-order valence-electron chi connectivity index (χ0n) is 13.9. The van der Waals surface area contributed by atoms with Gasteiger partial charge in [-0.3, -0.25) is 4.79 Å². The fourth-order valence-electron chi connectivity index (χ4n) is 3.49. The van der Waals surface area contributed by atoms with Crippen molar-refractivity contribution in [1.29, 1.82) is 0 Å². The first-order valence-electron chi connectivity index (χ1n) is 8.49. The summed E-state index contributed by atoms with van der Waals surface area (Å²) in [5, 5.41) is 7.40. The number of piperidine rings is 1. The van der Waals surface area contributed by atoms with Gasteiger partial charge in [-0.15, -0.1) is 0 Å². The summed E-state index contributed by atoms with van der Waals surface area (Å²) < 4.78 is 18.7. The number of nitrogens with zero attached hydrogens (tertiary/aromatic N) is 1. The van der Waals surface area contributed by atoms with Crippen molar-refractivity contribution in [3.8, 4) is 0 Å². The average molecular weight is 334 g/mol. The Kier molecular flexibility index (Phi) is 5.14. The van der Waals surface area contributed by atoms with E-state index in [4.69, 9.17) is 9.57 Å². The van der Waals surface area contributed by atoms with Crippen LogP contribution in [0.3, 0.4) is 0 Å². The number of hydrogen-bond donors (Lipinski definition) is 1. The number of oxime groups is 1. The second-order valence-corrected chi connectivity index (χ2v) is 6.43. The Morgan fingerprint density at radius 2 is 2.25 bits per heavy atom. The van der Waals surface area contributed by atoms with E-state index >= 15 is 0 Å². The van der Waals surface area contributed by atoms with Crippen molar-refractivity contribution in [3.63, 3.8) is 0 Å². The highest BCUT2D eigenvalue weighted by molar-refractivity contribution is 6.01. The number of carbonyl (C=O) groups is 1. The maximum Gasteiger partial charge on any atom is 0.312 e. The quantitative estimate of drug-likeness (QED) is 0.841. The zero-order valence-corrected chi connectivity index (χ0v) is 13.9. The van der Waals surface area contributed by atoms with Gasteiger partial charge in [0, 0.05) is 18.4 Å². The molecular formula is C18H23FN2O3. The summed E-state index contributed by atoms with van der Waals surface area (Å²) in [5.41, 5.74) is 0.944. The van der Waals surface area contributed by atoms with Crippen molar-refractivity contribution in [2.45, 2.75) is 38.7 Å².